The van der Waals surface area contributed by atoms with Crippen LogP contribution < -0.4 is 0 Å². The Balaban J connectivity index is 1.59. The maximum Gasteiger partial charge on any atom is 0.182 e. The third kappa shape index (κ3) is 4.39. The normalized spacial score (nSPS) is 16.7. The van der Waals surface area contributed by atoms with Crippen molar-refractivity contribution in [2.45, 2.75) is 29.4 Å². The molecule has 1 aliphatic rings. The Kier molecular flexibility index (Phi) is 6.23. The van der Waals surface area contributed by atoms with Gasteiger partial charge in [-0.1, -0.05) is 41.4 Å². The summed E-state index contributed by atoms with van der Waals surface area (Å²) in [6, 6.07) is 11.2. The minimum absolute atomic E-state index is 0.105. The molecule has 3 rings (SSSR count). The van der Waals surface area contributed by atoms with Gasteiger partial charge in [0.15, 0.2) is 9.84 Å². The first kappa shape index (κ1) is 19.6. The highest BCUT2D eigenvalue weighted by molar-refractivity contribution is 7.92. The molecular weight excluding hydrogens is 396 g/mol. The number of rotatable bonds is 5. The highest BCUT2D eigenvalue weighted by Crippen LogP contribution is 2.33. The van der Waals surface area contributed by atoms with Crippen molar-refractivity contribution in [3.8, 4) is 0 Å². The van der Waals surface area contributed by atoms with Gasteiger partial charge in [0.25, 0.3) is 0 Å². The van der Waals surface area contributed by atoms with Crippen LogP contribution in [0.3, 0.4) is 0 Å². The first-order valence-electron chi connectivity index (χ1n) is 8.52. The van der Waals surface area contributed by atoms with Crippen LogP contribution in [0.5, 0.6) is 0 Å². The lowest BCUT2D eigenvalue weighted by Gasteiger charge is -2.31. The van der Waals surface area contributed by atoms with Crippen molar-refractivity contribution in [3.63, 3.8) is 0 Å². The molecule has 0 radical (unpaired) electrons. The highest BCUT2D eigenvalue weighted by Gasteiger charge is 2.32. The van der Waals surface area contributed by atoms with Crippen LogP contribution in [-0.2, 0) is 16.3 Å². The minimum Gasteiger partial charge on any atom is -0.303 e. The lowest BCUT2D eigenvalue weighted by atomic mass is 10.1. The van der Waals surface area contributed by atoms with E-state index in [0.717, 1.165) is 18.5 Å². The van der Waals surface area contributed by atoms with Gasteiger partial charge in [0.2, 0.25) is 0 Å². The zero-order valence-electron chi connectivity index (χ0n) is 14.2. The van der Waals surface area contributed by atoms with Crippen LogP contribution in [0.1, 0.15) is 18.4 Å². The van der Waals surface area contributed by atoms with E-state index in [9.17, 15) is 12.8 Å². The summed E-state index contributed by atoms with van der Waals surface area (Å²) in [7, 11) is -3.50. The third-order valence-corrected chi connectivity index (χ3v) is 8.06. The number of sulfone groups is 1. The van der Waals surface area contributed by atoms with Crippen molar-refractivity contribution in [2.75, 3.05) is 19.6 Å². The fourth-order valence-electron chi connectivity index (χ4n) is 3.26. The lowest BCUT2D eigenvalue weighted by Crippen LogP contribution is -2.40. The topological polar surface area (TPSA) is 37.4 Å². The number of hydrogen-bond donors (Lipinski definition) is 0. The van der Waals surface area contributed by atoms with Gasteiger partial charge in [0.05, 0.1) is 20.2 Å². The van der Waals surface area contributed by atoms with Crippen molar-refractivity contribution < 1.29 is 12.8 Å². The van der Waals surface area contributed by atoms with E-state index in [-0.39, 0.29) is 20.8 Å². The van der Waals surface area contributed by atoms with E-state index in [4.69, 9.17) is 23.2 Å². The summed E-state index contributed by atoms with van der Waals surface area (Å²) >= 11 is 12.1. The van der Waals surface area contributed by atoms with Crippen molar-refractivity contribution in [1.29, 1.82) is 0 Å². The summed E-state index contributed by atoms with van der Waals surface area (Å²) in [6.45, 7) is 2.25. The molecule has 0 unspecified atom stereocenters. The molecule has 0 aliphatic carbocycles. The van der Waals surface area contributed by atoms with Gasteiger partial charge in [-0.05, 0) is 62.2 Å². The predicted molar refractivity (Wildman–Crippen MR) is 103 cm³/mol. The largest absolute Gasteiger partial charge is 0.303 e. The smallest absolute Gasteiger partial charge is 0.182 e. The Bertz CT molecular complexity index is 864. The van der Waals surface area contributed by atoms with Gasteiger partial charge in [0, 0.05) is 6.54 Å². The number of hydrogen-bond acceptors (Lipinski definition) is 3. The van der Waals surface area contributed by atoms with Gasteiger partial charge in [-0.3, -0.25) is 0 Å². The lowest BCUT2D eigenvalue weighted by molar-refractivity contribution is 0.232. The Hall–Kier alpha value is -1.14. The zero-order valence-corrected chi connectivity index (χ0v) is 16.5. The van der Waals surface area contributed by atoms with Crippen LogP contribution in [0.4, 0.5) is 4.39 Å². The maximum absolute atomic E-state index is 12.9. The predicted octanol–water partition coefficient (Wildman–Crippen LogP) is 4.61. The van der Waals surface area contributed by atoms with Gasteiger partial charge in [-0.15, -0.1) is 0 Å². The molecule has 7 heteroatoms. The summed E-state index contributed by atoms with van der Waals surface area (Å²) in [4.78, 5) is 2.37. The van der Waals surface area contributed by atoms with Crippen LogP contribution in [0, 0.1) is 5.82 Å². The summed E-state index contributed by atoms with van der Waals surface area (Å²) < 4.78 is 38.7. The van der Waals surface area contributed by atoms with E-state index in [0.29, 0.717) is 25.9 Å². The maximum atomic E-state index is 12.9. The molecule has 0 saturated carbocycles. The fraction of sp³-hybridized carbons (Fsp3) is 0.368. The van der Waals surface area contributed by atoms with E-state index in [2.05, 4.69) is 4.90 Å². The molecule has 0 atom stereocenters. The van der Waals surface area contributed by atoms with Crippen LogP contribution in [-0.4, -0.2) is 38.2 Å². The molecule has 0 bridgehead atoms. The number of halogens is 3. The fourth-order valence-corrected chi connectivity index (χ4v) is 5.76. The molecular formula is C19H20Cl2FNO2S. The monoisotopic (exact) mass is 415 g/mol. The second-order valence-electron chi connectivity index (χ2n) is 6.51. The number of piperidine rings is 1. The molecule has 1 fully saturated rings. The van der Waals surface area contributed by atoms with E-state index < -0.39 is 15.1 Å². The average molecular weight is 416 g/mol. The molecule has 1 aliphatic heterocycles. The number of nitrogens with zero attached hydrogens (tertiary/aromatic N) is 1. The number of benzene rings is 2. The molecule has 0 amide bonds. The molecule has 2 aromatic rings. The van der Waals surface area contributed by atoms with Crippen molar-refractivity contribution in [1.82, 2.24) is 4.90 Å². The van der Waals surface area contributed by atoms with E-state index in [1.54, 1.807) is 24.3 Å². The van der Waals surface area contributed by atoms with Gasteiger partial charge < -0.3 is 4.90 Å². The Labute approximate surface area is 163 Å². The third-order valence-electron chi connectivity index (χ3n) is 4.83. The zero-order chi connectivity index (χ0) is 18.7. The SMILES string of the molecule is O=S(=O)(c1cccc(Cl)c1Cl)C1CCN(CCc2ccc(F)cc2)CC1. The molecule has 0 aromatic heterocycles. The standard InChI is InChI=1S/C19H20Cl2FNO2S/c20-17-2-1-3-18(19(17)21)26(24,25)16-9-12-23(13-10-16)11-8-14-4-6-15(22)7-5-14/h1-7,16H,8-13H2. The van der Waals surface area contributed by atoms with E-state index >= 15 is 0 Å². The molecule has 2 aromatic carbocycles. The van der Waals surface area contributed by atoms with Gasteiger partial charge in [-0.25, -0.2) is 12.8 Å². The highest BCUT2D eigenvalue weighted by atomic mass is 35.5. The molecule has 1 saturated heterocycles. The molecule has 3 nitrogen and oxygen atoms in total. The average Bonchev–Trinajstić information content (AvgIpc) is 2.64. The van der Waals surface area contributed by atoms with Crippen LogP contribution in [0.15, 0.2) is 47.4 Å². The van der Waals surface area contributed by atoms with E-state index in [1.807, 2.05) is 0 Å². The van der Waals surface area contributed by atoms with Crippen molar-refractivity contribution >= 4 is 33.0 Å². The van der Waals surface area contributed by atoms with Crippen molar-refractivity contribution in [3.05, 3.63) is 63.9 Å². The molecule has 0 N–H and O–H groups in total. The first-order valence-corrected chi connectivity index (χ1v) is 10.8. The van der Waals surface area contributed by atoms with Gasteiger partial charge in [0.1, 0.15) is 5.82 Å². The second-order valence-corrected chi connectivity index (χ2v) is 9.50. The summed E-state index contributed by atoms with van der Waals surface area (Å²) in [6.07, 6.45) is 1.95. The first-order chi connectivity index (χ1) is 12.4. The number of likely N-dealkylation sites (tertiary alicyclic amines) is 1. The molecule has 140 valence electrons. The Morgan fingerprint density at radius 2 is 1.69 bits per heavy atom. The van der Waals surface area contributed by atoms with Gasteiger partial charge in [-0.2, -0.15) is 0 Å². The summed E-state index contributed by atoms with van der Waals surface area (Å²) in [5.74, 6) is -0.237. The summed E-state index contributed by atoms with van der Waals surface area (Å²) in [5, 5.41) is -0.0853. The van der Waals surface area contributed by atoms with Crippen molar-refractivity contribution in [2.24, 2.45) is 0 Å². The minimum atomic E-state index is -3.50. The Morgan fingerprint density at radius 1 is 1.04 bits per heavy atom. The van der Waals surface area contributed by atoms with Crippen LogP contribution in [0.2, 0.25) is 10.0 Å². The van der Waals surface area contributed by atoms with Crippen LogP contribution >= 0.6 is 23.2 Å². The van der Waals surface area contributed by atoms with Crippen LogP contribution in [0.25, 0.3) is 0 Å². The summed E-state index contributed by atoms with van der Waals surface area (Å²) in [5.41, 5.74) is 1.08. The van der Waals surface area contributed by atoms with Gasteiger partial charge >= 0.3 is 0 Å². The second kappa shape index (κ2) is 8.26. The molecule has 0 spiro atoms. The van der Waals surface area contributed by atoms with E-state index in [1.165, 1.54) is 18.2 Å². The molecule has 1 heterocycles. The molecule has 26 heavy (non-hydrogen) atoms. The quantitative estimate of drug-likeness (QED) is 0.714. The Morgan fingerprint density at radius 3 is 2.35 bits per heavy atom.